The third kappa shape index (κ3) is 3.85. The lowest BCUT2D eigenvalue weighted by Gasteiger charge is -2.32. The van der Waals surface area contributed by atoms with E-state index in [2.05, 4.69) is 34.1 Å². The molecule has 0 bridgehead atoms. The Kier molecular flexibility index (Phi) is 5.46. The molecular weight excluding hydrogens is 459 g/mol. The van der Waals surface area contributed by atoms with Crippen molar-refractivity contribution in [2.24, 2.45) is 0 Å². The number of hydrogen-bond donors (Lipinski definition) is 1. The van der Waals surface area contributed by atoms with Crippen LogP contribution in [0.1, 0.15) is 38.9 Å². The first-order chi connectivity index (χ1) is 17.0. The van der Waals surface area contributed by atoms with Gasteiger partial charge in [0.2, 0.25) is 0 Å². The van der Waals surface area contributed by atoms with E-state index in [0.717, 1.165) is 42.0 Å². The Hall–Kier alpha value is -3.42. The van der Waals surface area contributed by atoms with Gasteiger partial charge in [0.1, 0.15) is 10.8 Å². The molecule has 5 nitrogen and oxygen atoms in total. The lowest BCUT2D eigenvalue weighted by atomic mass is 10.0. The number of para-hydroxylation sites is 1. The van der Waals surface area contributed by atoms with E-state index in [4.69, 9.17) is 0 Å². The van der Waals surface area contributed by atoms with Gasteiger partial charge >= 0.3 is 6.03 Å². The zero-order valence-corrected chi connectivity index (χ0v) is 20.6. The molecule has 0 radical (unpaired) electrons. The van der Waals surface area contributed by atoms with E-state index in [0.29, 0.717) is 6.54 Å². The summed E-state index contributed by atoms with van der Waals surface area (Å²) < 4.78 is 16.1. The number of carbonyl (C=O) groups excluding carboxylic acids is 1. The summed E-state index contributed by atoms with van der Waals surface area (Å²) in [5.74, 6) is -0.286. The number of halogens is 1. The van der Waals surface area contributed by atoms with Crippen LogP contribution in [-0.4, -0.2) is 34.0 Å². The number of aromatic nitrogens is 1. The molecule has 4 heterocycles. The molecule has 1 atom stereocenters. The molecule has 0 unspecified atom stereocenters. The minimum absolute atomic E-state index is 0.165. The summed E-state index contributed by atoms with van der Waals surface area (Å²) in [5.41, 5.74) is 6.28. The summed E-state index contributed by atoms with van der Waals surface area (Å²) in [6, 6.07) is 17.9. The number of likely N-dealkylation sites (N-methyl/N-ethyl adjacent to an activating group) is 1. The molecule has 0 spiro atoms. The molecule has 178 valence electrons. The first-order valence-corrected chi connectivity index (χ1v) is 12.7. The minimum atomic E-state index is -0.351. The highest BCUT2D eigenvalue weighted by Crippen LogP contribution is 2.43. The monoisotopic (exact) mass is 486 g/mol. The predicted molar refractivity (Wildman–Crippen MR) is 138 cm³/mol. The van der Waals surface area contributed by atoms with Crippen molar-refractivity contribution in [1.82, 2.24) is 14.4 Å². The van der Waals surface area contributed by atoms with Gasteiger partial charge in [-0.3, -0.25) is 0 Å². The average Bonchev–Trinajstić information content (AvgIpc) is 3.43. The Morgan fingerprint density at radius 2 is 1.83 bits per heavy atom. The fourth-order valence-electron chi connectivity index (χ4n) is 5.25. The van der Waals surface area contributed by atoms with Crippen molar-refractivity contribution in [3.8, 4) is 5.00 Å². The van der Waals surface area contributed by atoms with Crippen LogP contribution < -0.4 is 5.32 Å². The largest absolute Gasteiger partial charge is 0.322 e. The first kappa shape index (κ1) is 22.1. The Morgan fingerprint density at radius 1 is 1.03 bits per heavy atom. The average molecular weight is 487 g/mol. The maximum Gasteiger partial charge on any atom is 0.322 e. The number of nitrogens with zero attached hydrogens (tertiary/aromatic N) is 3. The highest BCUT2D eigenvalue weighted by Gasteiger charge is 2.36. The molecule has 0 saturated carbocycles. The SMILES string of the molecule is Cc1ccccc1NC(=O)N1Cc2c(sc3c2CCN(C)C3)-n2cccc2[C@H]1c1ccc(F)cc1. The summed E-state index contributed by atoms with van der Waals surface area (Å²) in [5, 5.41) is 4.33. The summed E-state index contributed by atoms with van der Waals surface area (Å²) in [4.78, 5) is 19.6. The quantitative estimate of drug-likeness (QED) is 0.371. The fraction of sp³-hybridized carbons (Fsp3) is 0.250. The van der Waals surface area contributed by atoms with E-state index < -0.39 is 0 Å². The second-order valence-corrected chi connectivity index (χ2v) is 10.5. The van der Waals surface area contributed by atoms with Gasteiger partial charge in [0.05, 0.1) is 18.3 Å². The molecule has 0 saturated heterocycles. The first-order valence-electron chi connectivity index (χ1n) is 11.9. The smallest absolute Gasteiger partial charge is 0.310 e. The predicted octanol–water partition coefficient (Wildman–Crippen LogP) is 6.11. The zero-order valence-electron chi connectivity index (χ0n) is 19.8. The topological polar surface area (TPSA) is 40.5 Å². The van der Waals surface area contributed by atoms with E-state index in [1.807, 2.05) is 53.5 Å². The van der Waals surface area contributed by atoms with Crippen molar-refractivity contribution < 1.29 is 9.18 Å². The third-order valence-electron chi connectivity index (χ3n) is 7.09. The van der Waals surface area contributed by atoms with Crippen molar-refractivity contribution in [3.63, 3.8) is 0 Å². The molecule has 7 heteroatoms. The van der Waals surface area contributed by atoms with Crippen LogP contribution in [-0.2, 0) is 19.5 Å². The summed E-state index contributed by atoms with van der Waals surface area (Å²) in [7, 11) is 2.15. The number of nitrogens with one attached hydrogen (secondary N) is 1. The number of benzene rings is 2. The number of urea groups is 1. The Bertz CT molecular complexity index is 1410. The van der Waals surface area contributed by atoms with E-state index in [-0.39, 0.29) is 17.9 Å². The molecule has 6 rings (SSSR count). The highest BCUT2D eigenvalue weighted by atomic mass is 32.1. The zero-order chi connectivity index (χ0) is 24.1. The number of amides is 2. The Morgan fingerprint density at radius 3 is 2.63 bits per heavy atom. The molecule has 0 aliphatic carbocycles. The Balaban J connectivity index is 1.50. The van der Waals surface area contributed by atoms with Crippen molar-refractivity contribution in [3.05, 3.63) is 106 Å². The van der Waals surface area contributed by atoms with E-state index >= 15 is 0 Å². The van der Waals surface area contributed by atoms with Gasteiger partial charge in [-0.1, -0.05) is 30.3 Å². The molecule has 2 amide bonds. The van der Waals surface area contributed by atoms with Gasteiger partial charge in [0, 0.05) is 35.4 Å². The maximum absolute atomic E-state index is 13.9. The summed E-state index contributed by atoms with van der Waals surface area (Å²) >= 11 is 1.82. The molecule has 35 heavy (non-hydrogen) atoms. The summed E-state index contributed by atoms with van der Waals surface area (Å²) in [6.45, 7) is 4.42. The van der Waals surface area contributed by atoms with Gasteiger partial charge in [-0.15, -0.1) is 11.3 Å². The number of fused-ring (bicyclic) bond motifs is 5. The van der Waals surface area contributed by atoms with Crippen LogP contribution in [0.3, 0.4) is 0 Å². The van der Waals surface area contributed by atoms with Gasteiger partial charge in [-0.05, 0) is 67.4 Å². The molecule has 2 aliphatic rings. The number of rotatable bonds is 2. The third-order valence-corrected chi connectivity index (χ3v) is 8.35. The molecule has 4 aromatic rings. The number of anilines is 1. The van der Waals surface area contributed by atoms with Crippen LogP contribution in [0, 0.1) is 12.7 Å². The molecule has 1 N–H and O–H groups in total. The molecule has 0 fully saturated rings. The highest BCUT2D eigenvalue weighted by molar-refractivity contribution is 7.15. The van der Waals surface area contributed by atoms with E-state index in [9.17, 15) is 9.18 Å². The fourth-order valence-corrected chi connectivity index (χ4v) is 6.69. The second-order valence-electron chi connectivity index (χ2n) is 9.41. The van der Waals surface area contributed by atoms with Gasteiger partial charge in [-0.25, -0.2) is 9.18 Å². The normalized spacial score (nSPS) is 17.3. The molecular formula is C28H27FN4OS. The number of carbonyl (C=O) groups is 1. The number of thiophene rings is 1. The van der Waals surface area contributed by atoms with Crippen LogP contribution in [0.25, 0.3) is 5.00 Å². The number of hydrogen-bond acceptors (Lipinski definition) is 3. The van der Waals surface area contributed by atoms with Gasteiger partial charge in [0.15, 0.2) is 0 Å². The van der Waals surface area contributed by atoms with E-state index in [1.165, 1.54) is 33.1 Å². The van der Waals surface area contributed by atoms with Crippen LogP contribution in [0.2, 0.25) is 0 Å². The lowest BCUT2D eigenvalue weighted by Crippen LogP contribution is -2.38. The van der Waals surface area contributed by atoms with Gasteiger partial charge in [-0.2, -0.15) is 0 Å². The van der Waals surface area contributed by atoms with Gasteiger partial charge in [0.25, 0.3) is 0 Å². The molecule has 2 aromatic carbocycles. The number of aryl methyl sites for hydroxylation is 1. The standard InChI is InChI=1S/C28H27FN4OS/c1-18-6-3-4-7-23(18)30-28(34)33-16-22-21-13-15-31(2)17-25(21)35-27(22)32-14-5-8-24(32)26(33)19-9-11-20(29)12-10-19/h3-12,14,26H,13,15-17H2,1-2H3,(H,30,34)/t26-/m1/s1. The minimum Gasteiger partial charge on any atom is -0.310 e. The van der Waals surface area contributed by atoms with Crippen molar-refractivity contribution >= 4 is 23.1 Å². The van der Waals surface area contributed by atoms with Crippen LogP contribution in [0.15, 0.2) is 66.9 Å². The van der Waals surface area contributed by atoms with Crippen LogP contribution in [0.5, 0.6) is 0 Å². The lowest BCUT2D eigenvalue weighted by molar-refractivity contribution is 0.194. The van der Waals surface area contributed by atoms with Crippen molar-refractivity contribution in [2.45, 2.75) is 32.5 Å². The van der Waals surface area contributed by atoms with E-state index in [1.54, 1.807) is 12.1 Å². The van der Waals surface area contributed by atoms with Crippen LogP contribution >= 0.6 is 11.3 Å². The van der Waals surface area contributed by atoms with Gasteiger partial charge < -0.3 is 19.7 Å². The Labute approximate surface area is 208 Å². The maximum atomic E-state index is 13.9. The van der Waals surface area contributed by atoms with Crippen LogP contribution in [0.4, 0.5) is 14.9 Å². The molecule has 2 aromatic heterocycles. The second kappa shape index (κ2) is 8.66. The van der Waals surface area contributed by atoms with Crippen molar-refractivity contribution in [1.29, 1.82) is 0 Å². The molecule has 2 aliphatic heterocycles. The van der Waals surface area contributed by atoms with Crippen molar-refractivity contribution in [2.75, 3.05) is 18.9 Å². The summed E-state index contributed by atoms with van der Waals surface area (Å²) in [6.07, 6.45) is 3.06.